The SMILES string of the molecule is CN(C(=O)c1ccccc1I)C1CC2CCC(C1)N2. The number of nitrogens with one attached hydrogen (secondary N) is 1. The van der Waals surface area contributed by atoms with E-state index in [1.54, 1.807) is 0 Å². The minimum Gasteiger partial charge on any atom is -0.339 e. The van der Waals surface area contributed by atoms with Gasteiger partial charge in [0.1, 0.15) is 0 Å². The summed E-state index contributed by atoms with van der Waals surface area (Å²) in [4.78, 5) is 14.6. The van der Waals surface area contributed by atoms with Crippen LogP contribution in [0.15, 0.2) is 24.3 Å². The Morgan fingerprint density at radius 2 is 1.89 bits per heavy atom. The molecule has 0 aromatic heterocycles. The summed E-state index contributed by atoms with van der Waals surface area (Å²) < 4.78 is 1.04. The van der Waals surface area contributed by atoms with E-state index in [-0.39, 0.29) is 5.91 Å². The van der Waals surface area contributed by atoms with Gasteiger partial charge in [0.15, 0.2) is 0 Å². The third kappa shape index (κ3) is 2.65. The fourth-order valence-electron chi connectivity index (χ4n) is 3.33. The second kappa shape index (κ2) is 5.40. The number of hydrogen-bond acceptors (Lipinski definition) is 2. The molecule has 2 aliphatic heterocycles. The summed E-state index contributed by atoms with van der Waals surface area (Å²) in [5, 5.41) is 3.63. The molecule has 2 saturated heterocycles. The highest BCUT2D eigenvalue weighted by atomic mass is 127. The highest BCUT2D eigenvalue weighted by Gasteiger charge is 2.36. The summed E-state index contributed by atoms with van der Waals surface area (Å²) in [5.41, 5.74) is 0.830. The van der Waals surface area contributed by atoms with Crippen molar-refractivity contribution < 1.29 is 4.79 Å². The molecule has 4 heteroatoms. The summed E-state index contributed by atoms with van der Waals surface area (Å²) in [5.74, 6) is 0.163. The molecule has 3 rings (SSSR count). The van der Waals surface area contributed by atoms with Gasteiger partial charge < -0.3 is 10.2 Å². The average Bonchev–Trinajstić information content (AvgIpc) is 2.76. The van der Waals surface area contributed by atoms with Crippen LogP contribution in [0.1, 0.15) is 36.0 Å². The molecular formula is C15H19IN2O. The first-order valence-corrected chi connectivity index (χ1v) is 8.01. The molecule has 1 amide bonds. The minimum absolute atomic E-state index is 0.163. The highest BCUT2D eigenvalue weighted by Crippen LogP contribution is 2.30. The lowest BCUT2D eigenvalue weighted by Crippen LogP contribution is -2.48. The zero-order chi connectivity index (χ0) is 13.4. The predicted octanol–water partition coefficient (Wildman–Crippen LogP) is 2.65. The molecule has 2 heterocycles. The normalized spacial score (nSPS) is 29.3. The van der Waals surface area contributed by atoms with Gasteiger partial charge in [-0.05, 0) is 60.4 Å². The Labute approximate surface area is 127 Å². The summed E-state index contributed by atoms with van der Waals surface area (Å²) in [7, 11) is 1.96. The number of carbonyl (C=O) groups is 1. The minimum atomic E-state index is 0.163. The number of nitrogens with zero attached hydrogens (tertiary/aromatic N) is 1. The number of benzene rings is 1. The van der Waals surface area contributed by atoms with Crippen molar-refractivity contribution in [3.63, 3.8) is 0 Å². The molecule has 0 aliphatic carbocycles. The maximum Gasteiger partial charge on any atom is 0.254 e. The van der Waals surface area contributed by atoms with Crippen molar-refractivity contribution in [2.45, 2.75) is 43.8 Å². The van der Waals surface area contributed by atoms with Crippen molar-refractivity contribution in [1.29, 1.82) is 0 Å². The van der Waals surface area contributed by atoms with Crippen LogP contribution in [0.4, 0.5) is 0 Å². The fourth-order valence-corrected chi connectivity index (χ4v) is 3.95. The van der Waals surface area contributed by atoms with E-state index in [1.807, 2.05) is 36.2 Å². The molecule has 2 unspecified atom stereocenters. The smallest absolute Gasteiger partial charge is 0.254 e. The van der Waals surface area contributed by atoms with E-state index in [9.17, 15) is 4.79 Å². The first-order chi connectivity index (χ1) is 9.15. The molecule has 19 heavy (non-hydrogen) atoms. The van der Waals surface area contributed by atoms with Crippen LogP contribution in [-0.4, -0.2) is 36.0 Å². The molecule has 0 saturated carbocycles. The number of halogens is 1. The standard InChI is InChI=1S/C15H19IN2O/c1-18(12-8-10-6-7-11(9-12)17-10)15(19)13-4-2-3-5-14(13)16/h2-5,10-12,17H,6-9H2,1H3. The Morgan fingerprint density at radius 1 is 1.26 bits per heavy atom. The lowest BCUT2D eigenvalue weighted by atomic mass is 9.98. The Balaban J connectivity index is 1.75. The summed E-state index contributed by atoms with van der Waals surface area (Å²) in [6.07, 6.45) is 4.74. The fraction of sp³-hybridized carbons (Fsp3) is 0.533. The molecule has 2 fully saturated rings. The van der Waals surface area contributed by atoms with Gasteiger partial charge in [-0.1, -0.05) is 12.1 Å². The Kier molecular flexibility index (Phi) is 3.80. The molecule has 2 aliphatic rings. The van der Waals surface area contributed by atoms with Crippen molar-refractivity contribution in [2.24, 2.45) is 0 Å². The zero-order valence-corrected chi connectivity index (χ0v) is 13.3. The molecular weight excluding hydrogens is 351 g/mol. The van der Waals surface area contributed by atoms with Gasteiger partial charge in [0.05, 0.1) is 5.56 Å². The van der Waals surface area contributed by atoms with Gasteiger partial charge in [-0.3, -0.25) is 4.79 Å². The van der Waals surface area contributed by atoms with Gasteiger partial charge in [-0.25, -0.2) is 0 Å². The number of rotatable bonds is 2. The number of hydrogen-bond donors (Lipinski definition) is 1. The number of amides is 1. The van der Waals surface area contributed by atoms with Crippen LogP contribution in [-0.2, 0) is 0 Å². The van der Waals surface area contributed by atoms with Crippen LogP contribution in [0.3, 0.4) is 0 Å². The lowest BCUT2D eigenvalue weighted by Gasteiger charge is -2.35. The third-order valence-corrected chi connectivity index (χ3v) is 5.36. The van der Waals surface area contributed by atoms with E-state index in [0.717, 1.165) is 22.0 Å². The van der Waals surface area contributed by atoms with Crippen molar-refractivity contribution in [3.05, 3.63) is 33.4 Å². The van der Waals surface area contributed by atoms with Crippen molar-refractivity contribution in [3.8, 4) is 0 Å². The largest absolute Gasteiger partial charge is 0.339 e. The van der Waals surface area contributed by atoms with Gasteiger partial charge in [0.25, 0.3) is 5.91 Å². The average molecular weight is 370 g/mol. The van der Waals surface area contributed by atoms with Gasteiger partial charge in [0.2, 0.25) is 0 Å². The molecule has 2 atom stereocenters. The Morgan fingerprint density at radius 3 is 2.53 bits per heavy atom. The van der Waals surface area contributed by atoms with E-state index in [2.05, 4.69) is 27.9 Å². The molecule has 1 N–H and O–H groups in total. The summed E-state index contributed by atoms with van der Waals surface area (Å²) >= 11 is 2.24. The van der Waals surface area contributed by atoms with Crippen LogP contribution in [0.25, 0.3) is 0 Å². The van der Waals surface area contributed by atoms with Crippen LogP contribution in [0, 0.1) is 3.57 Å². The highest BCUT2D eigenvalue weighted by molar-refractivity contribution is 14.1. The number of piperidine rings is 1. The van der Waals surface area contributed by atoms with Gasteiger partial charge in [-0.15, -0.1) is 0 Å². The second-order valence-electron chi connectivity index (χ2n) is 5.66. The molecule has 3 nitrogen and oxygen atoms in total. The van der Waals surface area contributed by atoms with Crippen molar-refractivity contribution in [2.75, 3.05) is 7.05 Å². The monoisotopic (exact) mass is 370 g/mol. The van der Waals surface area contributed by atoms with Crippen molar-refractivity contribution >= 4 is 28.5 Å². The second-order valence-corrected chi connectivity index (χ2v) is 6.82. The van der Waals surface area contributed by atoms with Gasteiger partial charge in [0, 0.05) is 28.7 Å². The van der Waals surface area contributed by atoms with E-state index < -0.39 is 0 Å². The van der Waals surface area contributed by atoms with Crippen LogP contribution < -0.4 is 5.32 Å². The molecule has 2 bridgehead atoms. The first-order valence-electron chi connectivity index (χ1n) is 6.93. The van der Waals surface area contributed by atoms with E-state index >= 15 is 0 Å². The molecule has 0 spiro atoms. The molecule has 0 radical (unpaired) electrons. The number of carbonyl (C=O) groups excluding carboxylic acids is 1. The molecule has 102 valence electrons. The van der Waals surface area contributed by atoms with Gasteiger partial charge >= 0.3 is 0 Å². The Bertz CT molecular complexity index is 479. The quantitative estimate of drug-likeness (QED) is 0.812. The van der Waals surface area contributed by atoms with Gasteiger partial charge in [-0.2, -0.15) is 0 Å². The zero-order valence-electron chi connectivity index (χ0n) is 11.1. The van der Waals surface area contributed by atoms with Crippen LogP contribution in [0.2, 0.25) is 0 Å². The maximum absolute atomic E-state index is 12.6. The maximum atomic E-state index is 12.6. The van der Waals surface area contributed by atoms with E-state index in [4.69, 9.17) is 0 Å². The van der Waals surface area contributed by atoms with E-state index in [0.29, 0.717) is 18.1 Å². The first kappa shape index (κ1) is 13.4. The van der Waals surface area contributed by atoms with Crippen molar-refractivity contribution in [1.82, 2.24) is 10.2 Å². The number of fused-ring (bicyclic) bond motifs is 2. The Hall–Kier alpha value is -0.620. The summed E-state index contributed by atoms with van der Waals surface area (Å²) in [6, 6.07) is 9.47. The summed E-state index contributed by atoms with van der Waals surface area (Å²) in [6.45, 7) is 0. The predicted molar refractivity (Wildman–Crippen MR) is 84.2 cm³/mol. The molecule has 1 aromatic rings. The molecule has 1 aromatic carbocycles. The lowest BCUT2D eigenvalue weighted by molar-refractivity contribution is 0.0680. The topological polar surface area (TPSA) is 32.3 Å². The third-order valence-electron chi connectivity index (χ3n) is 4.42. The van der Waals surface area contributed by atoms with Crippen LogP contribution >= 0.6 is 22.6 Å². The van der Waals surface area contributed by atoms with E-state index in [1.165, 1.54) is 12.8 Å². The van der Waals surface area contributed by atoms with Crippen LogP contribution in [0.5, 0.6) is 0 Å².